The Hall–Kier alpha value is -0.710. The van der Waals surface area contributed by atoms with Crippen molar-refractivity contribution in [1.29, 1.82) is 0 Å². The molecule has 8 atom stereocenters. The average molecular weight is 334 g/mol. The average Bonchev–Trinajstić information content (AvgIpc) is 2.63. The monoisotopic (exact) mass is 334 g/mol. The summed E-state index contributed by atoms with van der Waals surface area (Å²) in [5, 5.41) is 33.1. The lowest BCUT2D eigenvalue weighted by Gasteiger charge is -2.66. The topological polar surface area (TPSA) is 77.8 Å². The molecule has 0 aliphatic heterocycles. The van der Waals surface area contributed by atoms with Gasteiger partial charge >= 0.3 is 0 Å². The lowest BCUT2D eigenvalue weighted by Crippen LogP contribution is -2.69. The number of rotatable bonds is 0. The number of hydrogen-bond acceptors (Lipinski definition) is 4. The van der Waals surface area contributed by atoms with Crippen molar-refractivity contribution >= 4 is 5.78 Å². The predicted molar refractivity (Wildman–Crippen MR) is 90.0 cm³/mol. The minimum absolute atomic E-state index is 0.0109. The molecule has 1 spiro atoms. The molecule has 0 saturated heterocycles. The fourth-order valence-electron chi connectivity index (χ4n) is 7.33. The molecule has 4 aliphatic rings. The van der Waals surface area contributed by atoms with Gasteiger partial charge in [0.15, 0.2) is 5.78 Å². The maximum atomic E-state index is 13.1. The fourth-order valence-corrected chi connectivity index (χ4v) is 7.33. The number of fused-ring (bicyclic) bond motifs is 3. The normalized spacial score (nSPS) is 55.9. The Labute approximate surface area is 144 Å². The van der Waals surface area contributed by atoms with Crippen LogP contribution < -0.4 is 0 Å². The summed E-state index contributed by atoms with van der Waals surface area (Å²) in [4.78, 5) is 13.1. The molecule has 0 amide bonds. The van der Waals surface area contributed by atoms with Crippen molar-refractivity contribution in [2.75, 3.05) is 0 Å². The fraction of sp³-hybridized carbons (Fsp3) is 0.850. The van der Waals surface area contributed by atoms with Crippen molar-refractivity contribution in [1.82, 2.24) is 0 Å². The standard InChI is InChI=1S/C20H30O4/c1-10-11-5-6-12-19(4)13(18(2,3)8-7-14(19)21)9-15(22)20(12,16(10)23)17(11)24/h11-15,17,21-22,24H,1,5-9H2,2-4H3/t11-,12-,13+,14-,15-,17+,19+,20-/m0/s1. The summed E-state index contributed by atoms with van der Waals surface area (Å²) in [5.41, 5.74) is -1.11. The van der Waals surface area contributed by atoms with Gasteiger partial charge in [0.2, 0.25) is 0 Å². The highest BCUT2D eigenvalue weighted by atomic mass is 16.3. The largest absolute Gasteiger partial charge is 0.393 e. The van der Waals surface area contributed by atoms with Crippen molar-refractivity contribution in [2.45, 2.75) is 71.2 Å². The van der Waals surface area contributed by atoms with Gasteiger partial charge in [0.05, 0.1) is 23.7 Å². The van der Waals surface area contributed by atoms with Crippen LogP contribution in [0.1, 0.15) is 52.9 Å². The van der Waals surface area contributed by atoms with Crippen LogP contribution in [0, 0.1) is 34.0 Å². The lowest BCUT2D eigenvalue weighted by molar-refractivity contribution is -0.251. The second kappa shape index (κ2) is 4.72. The van der Waals surface area contributed by atoms with E-state index in [1.54, 1.807) is 0 Å². The molecule has 0 aromatic carbocycles. The highest BCUT2D eigenvalue weighted by Crippen LogP contribution is 2.70. The summed E-state index contributed by atoms with van der Waals surface area (Å²) in [6.07, 6.45) is 1.40. The van der Waals surface area contributed by atoms with Crippen molar-refractivity contribution in [3.05, 3.63) is 12.2 Å². The van der Waals surface area contributed by atoms with Gasteiger partial charge in [-0.1, -0.05) is 27.4 Å². The quantitative estimate of drug-likeness (QED) is 0.593. The second-order valence-corrected chi connectivity index (χ2v) is 9.68. The van der Waals surface area contributed by atoms with Gasteiger partial charge in [-0.15, -0.1) is 0 Å². The van der Waals surface area contributed by atoms with Gasteiger partial charge in [-0.25, -0.2) is 0 Å². The van der Waals surface area contributed by atoms with Crippen LogP contribution in [0.4, 0.5) is 0 Å². The van der Waals surface area contributed by atoms with Crippen LogP contribution >= 0.6 is 0 Å². The molecule has 4 rings (SSSR count). The molecule has 134 valence electrons. The zero-order valence-corrected chi connectivity index (χ0v) is 15.0. The van der Waals surface area contributed by atoms with Crippen LogP contribution in [-0.2, 0) is 4.79 Å². The maximum absolute atomic E-state index is 13.1. The Morgan fingerprint density at radius 3 is 2.33 bits per heavy atom. The number of aliphatic hydroxyl groups excluding tert-OH is 3. The third kappa shape index (κ3) is 1.59. The van der Waals surface area contributed by atoms with Crippen LogP contribution in [0.25, 0.3) is 0 Å². The van der Waals surface area contributed by atoms with E-state index in [4.69, 9.17) is 0 Å². The molecular weight excluding hydrogens is 304 g/mol. The van der Waals surface area contributed by atoms with E-state index >= 15 is 0 Å². The van der Waals surface area contributed by atoms with Crippen molar-refractivity contribution < 1.29 is 20.1 Å². The van der Waals surface area contributed by atoms with Crippen LogP contribution in [-0.4, -0.2) is 39.4 Å². The van der Waals surface area contributed by atoms with E-state index in [1.807, 2.05) is 0 Å². The Balaban J connectivity index is 1.91. The number of carbonyl (C=O) groups excluding carboxylic acids is 1. The molecule has 3 N–H and O–H groups in total. The lowest BCUT2D eigenvalue weighted by atomic mass is 9.39. The number of hydrogen-bond donors (Lipinski definition) is 3. The molecule has 4 aliphatic carbocycles. The Bertz CT molecular complexity index is 611. The molecular formula is C20H30O4. The molecule has 4 fully saturated rings. The first kappa shape index (κ1) is 16.7. The van der Waals surface area contributed by atoms with E-state index < -0.39 is 29.1 Å². The van der Waals surface area contributed by atoms with Crippen LogP contribution in [0.3, 0.4) is 0 Å². The molecule has 4 nitrogen and oxygen atoms in total. The van der Waals surface area contributed by atoms with Crippen molar-refractivity contribution in [3.8, 4) is 0 Å². The van der Waals surface area contributed by atoms with E-state index in [2.05, 4.69) is 27.4 Å². The SMILES string of the molecule is C=C1C(=O)[C@]23[C@H](O)[C@H]1CC[C@H]2[C@]1(C)[C@H](C[C@@H]3O)C(C)(C)CC[C@@H]1O. The van der Waals surface area contributed by atoms with Gasteiger partial charge in [0.25, 0.3) is 0 Å². The molecule has 0 aromatic heterocycles. The molecule has 0 aromatic rings. The van der Waals surface area contributed by atoms with E-state index in [1.165, 1.54) is 0 Å². The minimum Gasteiger partial charge on any atom is -0.393 e. The molecule has 24 heavy (non-hydrogen) atoms. The third-order valence-electron chi connectivity index (χ3n) is 8.58. The summed E-state index contributed by atoms with van der Waals surface area (Å²) < 4.78 is 0. The highest BCUT2D eigenvalue weighted by molar-refractivity contribution is 6.04. The Morgan fingerprint density at radius 2 is 1.67 bits per heavy atom. The van der Waals surface area contributed by atoms with Gasteiger partial charge in [-0.05, 0) is 54.9 Å². The number of aliphatic hydroxyl groups is 3. The first-order valence-electron chi connectivity index (χ1n) is 9.37. The minimum atomic E-state index is -1.15. The van der Waals surface area contributed by atoms with Gasteiger partial charge in [0, 0.05) is 11.3 Å². The van der Waals surface area contributed by atoms with Gasteiger partial charge in [-0.3, -0.25) is 4.79 Å². The third-order valence-corrected chi connectivity index (χ3v) is 8.58. The van der Waals surface area contributed by atoms with Crippen LogP contribution in [0.15, 0.2) is 12.2 Å². The highest BCUT2D eigenvalue weighted by Gasteiger charge is 2.75. The molecule has 4 heteroatoms. The summed E-state index contributed by atoms with van der Waals surface area (Å²) in [7, 11) is 0. The number of carbonyl (C=O) groups is 1. The van der Waals surface area contributed by atoms with Crippen molar-refractivity contribution in [2.24, 2.45) is 34.0 Å². The van der Waals surface area contributed by atoms with Gasteiger partial charge in [-0.2, -0.15) is 0 Å². The van der Waals surface area contributed by atoms with Gasteiger partial charge < -0.3 is 15.3 Å². The summed E-state index contributed by atoms with van der Waals surface area (Å²) in [6.45, 7) is 10.5. The van der Waals surface area contributed by atoms with Crippen molar-refractivity contribution in [3.63, 3.8) is 0 Å². The number of Topliss-reactive ketones (excluding diaryl/α,β-unsaturated/α-hetero) is 1. The van der Waals surface area contributed by atoms with E-state index in [9.17, 15) is 20.1 Å². The first-order chi connectivity index (χ1) is 11.1. The van der Waals surface area contributed by atoms with E-state index in [-0.39, 0.29) is 29.0 Å². The summed E-state index contributed by atoms with van der Waals surface area (Å²) >= 11 is 0. The van der Waals surface area contributed by atoms with E-state index in [0.29, 0.717) is 12.0 Å². The van der Waals surface area contributed by atoms with Gasteiger partial charge in [0.1, 0.15) is 0 Å². The molecule has 4 saturated carbocycles. The number of ketones is 1. The molecule has 0 radical (unpaired) electrons. The van der Waals surface area contributed by atoms with E-state index in [0.717, 1.165) is 25.7 Å². The first-order valence-corrected chi connectivity index (χ1v) is 9.37. The molecule has 0 unspecified atom stereocenters. The van der Waals surface area contributed by atoms with Crippen LogP contribution in [0.5, 0.6) is 0 Å². The maximum Gasteiger partial charge on any atom is 0.170 e. The Morgan fingerprint density at radius 1 is 1.00 bits per heavy atom. The molecule has 2 bridgehead atoms. The zero-order chi connectivity index (χ0) is 17.7. The van der Waals surface area contributed by atoms with Crippen LogP contribution in [0.2, 0.25) is 0 Å². The smallest absolute Gasteiger partial charge is 0.170 e. The zero-order valence-electron chi connectivity index (χ0n) is 15.0. The summed E-state index contributed by atoms with van der Waals surface area (Å²) in [5.74, 6) is -0.418. The predicted octanol–water partition coefficient (Wildman–Crippen LogP) is 2.07. The Kier molecular flexibility index (Phi) is 3.29. The molecule has 0 heterocycles. The summed E-state index contributed by atoms with van der Waals surface area (Å²) in [6, 6.07) is 0. The second-order valence-electron chi connectivity index (χ2n) is 9.68.